The van der Waals surface area contributed by atoms with Gasteiger partial charge in [-0.1, -0.05) is 28.1 Å². The van der Waals surface area contributed by atoms with Gasteiger partial charge in [0.25, 0.3) is 0 Å². The molecule has 24 heavy (non-hydrogen) atoms. The van der Waals surface area contributed by atoms with Crippen LogP contribution in [0, 0.1) is 5.92 Å². The van der Waals surface area contributed by atoms with Crippen LogP contribution in [-0.2, 0) is 19.6 Å². The minimum atomic E-state index is -3.17. The molecule has 0 spiro atoms. The zero-order chi connectivity index (χ0) is 17.3. The first-order valence-corrected chi connectivity index (χ1v) is 10.9. The maximum absolute atomic E-state index is 12.3. The van der Waals surface area contributed by atoms with Crippen LogP contribution in [0.25, 0.3) is 0 Å². The van der Waals surface area contributed by atoms with Crippen LogP contribution < -0.4 is 4.72 Å². The molecule has 0 bridgehead atoms. The second-order valence-electron chi connectivity index (χ2n) is 6.80. The van der Waals surface area contributed by atoms with Gasteiger partial charge in [0.15, 0.2) is 0 Å². The average molecular weight is 416 g/mol. The number of halogens is 1. The highest BCUT2D eigenvalue weighted by atomic mass is 79.9. The summed E-state index contributed by atoms with van der Waals surface area (Å²) < 4.78 is 31.8. The first-order chi connectivity index (χ1) is 11.3. The summed E-state index contributed by atoms with van der Waals surface area (Å²) in [5.41, 5.74) is 1.17. The molecule has 2 atom stereocenters. The molecule has 0 heterocycles. The van der Waals surface area contributed by atoms with Gasteiger partial charge < -0.3 is 4.74 Å². The standard InChI is InChI=1S/C17H22BrNO4S/c1-24(21,22)19-13-5-7-14(8-6-13)23-17(20)16-10-15(16)11-3-2-4-12(18)9-11/h2-4,9,13-16,19H,5-8,10H2,1H3/t13?,14?,15-,16+/m1/s1. The molecule has 2 aliphatic carbocycles. The number of rotatable bonds is 5. The SMILES string of the molecule is CS(=O)(=O)NC1CCC(OC(=O)[C@H]2C[C@@H]2c2cccc(Br)c2)CC1. The Morgan fingerprint density at radius 1 is 1.25 bits per heavy atom. The number of ether oxygens (including phenoxy) is 1. The van der Waals surface area contributed by atoms with Crippen molar-refractivity contribution >= 4 is 31.9 Å². The summed E-state index contributed by atoms with van der Waals surface area (Å²) in [4.78, 5) is 12.3. The van der Waals surface area contributed by atoms with E-state index in [9.17, 15) is 13.2 Å². The van der Waals surface area contributed by atoms with Crippen LogP contribution in [0.15, 0.2) is 28.7 Å². The highest BCUT2D eigenvalue weighted by molar-refractivity contribution is 9.10. The van der Waals surface area contributed by atoms with E-state index in [-0.39, 0.29) is 30.0 Å². The summed E-state index contributed by atoms with van der Waals surface area (Å²) in [6, 6.07) is 8.02. The molecule has 3 rings (SSSR count). The molecule has 0 aromatic heterocycles. The summed E-state index contributed by atoms with van der Waals surface area (Å²) in [6.07, 6.45) is 4.80. The second-order valence-corrected chi connectivity index (χ2v) is 9.50. The Morgan fingerprint density at radius 3 is 2.58 bits per heavy atom. The van der Waals surface area contributed by atoms with Gasteiger partial charge in [0.05, 0.1) is 12.2 Å². The van der Waals surface area contributed by atoms with Crippen LogP contribution in [0.3, 0.4) is 0 Å². The molecule has 2 fully saturated rings. The summed E-state index contributed by atoms with van der Waals surface area (Å²) in [6.45, 7) is 0. The van der Waals surface area contributed by atoms with Crippen molar-refractivity contribution in [1.82, 2.24) is 4.72 Å². The van der Waals surface area contributed by atoms with E-state index in [1.165, 1.54) is 11.8 Å². The van der Waals surface area contributed by atoms with Gasteiger partial charge in [0.1, 0.15) is 6.10 Å². The second kappa shape index (κ2) is 7.14. The number of hydrogen-bond donors (Lipinski definition) is 1. The molecular weight excluding hydrogens is 394 g/mol. The van der Waals surface area contributed by atoms with E-state index in [1.54, 1.807) is 0 Å². The molecule has 0 radical (unpaired) electrons. The number of carbonyl (C=O) groups is 1. The molecule has 1 N–H and O–H groups in total. The smallest absolute Gasteiger partial charge is 0.309 e. The molecule has 0 amide bonds. The number of sulfonamides is 1. The van der Waals surface area contributed by atoms with Crippen LogP contribution in [0.5, 0.6) is 0 Å². The molecule has 0 saturated heterocycles. The van der Waals surface area contributed by atoms with Gasteiger partial charge in [-0.2, -0.15) is 0 Å². The monoisotopic (exact) mass is 415 g/mol. The first-order valence-electron chi connectivity index (χ1n) is 8.25. The third kappa shape index (κ3) is 4.80. The number of hydrogen-bond acceptors (Lipinski definition) is 4. The van der Waals surface area contributed by atoms with Gasteiger partial charge >= 0.3 is 5.97 Å². The Morgan fingerprint density at radius 2 is 1.96 bits per heavy atom. The fraction of sp³-hybridized carbons (Fsp3) is 0.588. The predicted octanol–water partition coefficient (Wildman–Crippen LogP) is 2.96. The fourth-order valence-corrected chi connectivity index (χ4v) is 4.67. The highest BCUT2D eigenvalue weighted by Crippen LogP contribution is 2.48. The van der Waals surface area contributed by atoms with Crippen LogP contribution in [-0.4, -0.2) is 32.8 Å². The molecule has 5 nitrogen and oxygen atoms in total. The van der Waals surface area contributed by atoms with Crippen molar-refractivity contribution in [3.63, 3.8) is 0 Å². The minimum Gasteiger partial charge on any atom is -0.462 e. The molecule has 132 valence electrons. The van der Waals surface area contributed by atoms with Crippen molar-refractivity contribution in [1.29, 1.82) is 0 Å². The van der Waals surface area contributed by atoms with Crippen LogP contribution >= 0.6 is 15.9 Å². The zero-order valence-electron chi connectivity index (χ0n) is 13.6. The van der Waals surface area contributed by atoms with E-state index in [1.807, 2.05) is 18.2 Å². The van der Waals surface area contributed by atoms with E-state index in [0.29, 0.717) is 25.7 Å². The topological polar surface area (TPSA) is 72.5 Å². The Labute approximate surface area is 151 Å². The molecular formula is C17H22BrNO4S. The Bertz CT molecular complexity index is 713. The van der Waals surface area contributed by atoms with Gasteiger partial charge in [0, 0.05) is 10.5 Å². The predicted molar refractivity (Wildman–Crippen MR) is 95.1 cm³/mol. The lowest BCUT2D eigenvalue weighted by Crippen LogP contribution is -2.39. The van der Waals surface area contributed by atoms with Crippen molar-refractivity contribution in [2.24, 2.45) is 5.92 Å². The lowest BCUT2D eigenvalue weighted by molar-refractivity contribution is -0.152. The summed E-state index contributed by atoms with van der Waals surface area (Å²) >= 11 is 3.46. The lowest BCUT2D eigenvalue weighted by Gasteiger charge is -2.28. The molecule has 1 aromatic rings. The summed E-state index contributed by atoms with van der Waals surface area (Å²) in [5.74, 6) is 0.115. The van der Waals surface area contributed by atoms with Gasteiger partial charge in [-0.25, -0.2) is 13.1 Å². The average Bonchev–Trinajstić information content (AvgIpc) is 3.28. The Hall–Kier alpha value is -0.920. The fourth-order valence-electron chi connectivity index (χ4n) is 3.41. The molecule has 0 unspecified atom stereocenters. The summed E-state index contributed by atoms with van der Waals surface area (Å²) in [7, 11) is -3.17. The minimum absolute atomic E-state index is 0.0360. The maximum Gasteiger partial charge on any atom is 0.309 e. The van der Waals surface area contributed by atoms with Gasteiger partial charge in [-0.05, 0) is 55.7 Å². The maximum atomic E-state index is 12.3. The molecule has 7 heteroatoms. The number of carbonyl (C=O) groups excluding carboxylic acids is 1. The zero-order valence-corrected chi connectivity index (χ0v) is 16.0. The summed E-state index contributed by atoms with van der Waals surface area (Å²) in [5, 5.41) is 0. The first kappa shape index (κ1) is 17.9. The third-order valence-electron chi connectivity index (χ3n) is 4.71. The van der Waals surface area contributed by atoms with E-state index >= 15 is 0 Å². The molecule has 2 aliphatic rings. The van der Waals surface area contributed by atoms with Crippen LogP contribution in [0.2, 0.25) is 0 Å². The molecule has 1 aromatic carbocycles. The highest BCUT2D eigenvalue weighted by Gasteiger charge is 2.46. The Kier molecular flexibility index (Phi) is 5.32. The Balaban J connectivity index is 1.46. The molecule has 2 saturated carbocycles. The number of benzene rings is 1. The van der Waals surface area contributed by atoms with Crippen molar-refractivity contribution < 1.29 is 17.9 Å². The number of esters is 1. The van der Waals surface area contributed by atoms with Gasteiger partial charge in [-0.3, -0.25) is 4.79 Å². The quantitative estimate of drug-likeness (QED) is 0.750. The molecule has 0 aliphatic heterocycles. The van der Waals surface area contributed by atoms with E-state index in [0.717, 1.165) is 10.9 Å². The largest absolute Gasteiger partial charge is 0.462 e. The van der Waals surface area contributed by atoms with Crippen molar-refractivity contribution in [3.8, 4) is 0 Å². The van der Waals surface area contributed by atoms with E-state index in [2.05, 4.69) is 26.7 Å². The lowest BCUT2D eigenvalue weighted by atomic mass is 9.93. The van der Waals surface area contributed by atoms with Crippen molar-refractivity contribution in [3.05, 3.63) is 34.3 Å². The van der Waals surface area contributed by atoms with Gasteiger partial charge in [0.2, 0.25) is 10.0 Å². The third-order valence-corrected chi connectivity index (χ3v) is 5.96. The van der Waals surface area contributed by atoms with E-state index < -0.39 is 10.0 Å². The van der Waals surface area contributed by atoms with Crippen LogP contribution in [0.1, 0.15) is 43.6 Å². The van der Waals surface area contributed by atoms with Crippen molar-refractivity contribution in [2.45, 2.75) is 50.2 Å². The number of nitrogens with one attached hydrogen (secondary N) is 1. The van der Waals surface area contributed by atoms with Gasteiger partial charge in [-0.15, -0.1) is 0 Å². The van der Waals surface area contributed by atoms with Crippen molar-refractivity contribution in [2.75, 3.05) is 6.26 Å². The van der Waals surface area contributed by atoms with Crippen LogP contribution in [0.4, 0.5) is 0 Å². The van der Waals surface area contributed by atoms with E-state index in [4.69, 9.17) is 4.74 Å². The normalized spacial score (nSPS) is 29.9.